The van der Waals surface area contributed by atoms with Crippen molar-refractivity contribution in [3.63, 3.8) is 0 Å². The predicted octanol–water partition coefficient (Wildman–Crippen LogP) is 4.44. The Bertz CT molecular complexity index is 1170. The van der Waals surface area contributed by atoms with Gasteiger partial charge in [-0.05, 0) is 54.1 Å². The maximum Gasteiger partial charge on any atom is 0.291 e. The van der Waals surface area contributed by atoms with Gasteiger partial charge in [0.15, 0.2) is 5.76 Å². The molecule has 32 heavy (non-hydrogen) atoms. The monoisotopic (exact) mass is 427 g/mol. The lowest BCUT2D eigenvalue weighted by atomic mass is 10.1. The van der Waals surface area contributed by atoms with E-state index in [1.165, 1.54) is 6.26 Å². The first-order chi connectivity index (χ1) is 15.7. The third-order valence-electron chi connectivity index (χ3n) is 4.63. The highest BCUT2D eigenvalue weighted by molar-refractivity contribution is 6.02. The standard InChI is InChI=1S/C25H21N3O4/c29-24(20-5-1-6-22(14-20)32-17-19-4-2-12-26-15-19)27-16-18-8-10-21(11-9-18)28-25(30)23-7-3-13-31-23/h1-15H,16-17H2,(H,27,29)(H,28,30). The number of furan rings is 1. The first-order valence-electron chi connectivity index (χ1n) is 10.0. The van der Waals surface area contributed by atoms with E-state index in [9.17, 15) is 9.59 Å². The quantitative estimate of drug-likeness (QED) is 0.434. The van der Waals surface area contributed by atoms with Crippen molar-refractivity contribution in [3.8, 4) is 5.75 Å². The zero-order valence-corrected chi connectivity index (χ0v) is 17.2. The van der Waals surface area contributed by atoms with E-state index < -0.39 is 0 Å². The molecule has 0 saturated heterocycles. The van der Waals surface area contributed by atoms with Gasteiger partial charge in [0.2, 0.25) is 0 Å². The highest BCUT2D eigenvalue weighted by atomic mass is 16.5. The van der Waals surface area contributed by atoms with Crippen molar-refractivity contribution in [1.82, 2.24) is 10.3 Å². The number of carbonyl (C=O) groups is 2. The first kappa shape index (κ1) is 20.9. The number of pyridine rings is 1. The maximum absolute atomic E-state index is 12.5. The van der Waals surface area contributed by atoms with Crippen LogP contribution < -0.4 is 15.4 Å². The number of benzene rings is 2. The second-order valence-electron chi connectivity index (χ2n) is 6.99. The van der Waals surface area contributed by atoms with Crippen LogP contribution in [-0.2, 0) is 13.2 Å². The van der Waals surface area contributed by atoms with Crippen molar-refractivity contribution in [2.45, 2.75) is 13.2 Å². The molecule has 0 aliphatic carbocycles. The molecule has 2 heterocycles. The average Bonchev–Trinajstić information content (AvgIpc) is 3.38. The minimum Gasteiger partial charge on any atom is -0.489 e. The van der Waals surface area contributed by atoms with E-state index in [4.69, 9.17) is 9.15 Å². The second-order valence-corrected chi connectivity index (χ2v) is 6.99. The first-order valence-corrected chi connectivity index (χ1v) is 10.0. The molecule has 0 bridgehead atoms. The summed E-state index contributed by atoms with van der Waals surface area (Å²) in [6, 6.07) is 21.3. The molecule has 0 aliphatic heterocycles. The van der Waals surface area contributed by atoms with Crippen LogP contribution in [0.5, 0.6) is 5.75 Å². The van der Waals surface area contributed by atoms with Crippen molar-refractivity contribution in [2.75, 3.05) is 5.32 Å². The van der Waals surface area contributed by atoms with Gasteiger partial charge in [0.25, 0.3) is 11.8 Å². The van der Waals surface area contributed by atoms with Gasteiger partial charge in [0, 0.05) is 35.8 Å². The van der Waals surface area contributed by atoms with Crippen molar-refractivity contribution in [3.05, 3.63) is 114 Å². The summed E-state index contributed by atoms with van der Waals surface area (Å²) in [5.41, 5.74) is 3.00. The van der Waals surface area contributed by atoms with E-state index in [-0.39, 0.29) is 17.6 Å². The molecule has 0 spiro atoms. The number of hydrogen-bond donors (Lipinski definition) is 2. The van der Waals surface area contributed by atoms with E-state index in [1.807, 2.05) is 30.3 Å². The Hall–Kier alpha value is -4.39. The maximum atomic E-state index is 12.5. The van der Waals surface area contributed by atoms with Gasteiger partial charge in [-0.1, -0.05) is 24.3 Å². The summed E-state index contributed by atoms with van der Waals surface area (Å²) in [6.07, 6.45) is 4.90. The number of aromatic nitrogens is 1. The topological polar surface area (TPSA) is 93.5 Å². The summed E-state index contributed by atoms with van der Waals surface area (Å²) in [5, 5.41) is 5.65. The average molecular weight is 427 g/mol. The Morgan fingerprint density at radius 1 is 0.906 bits per heavy atom. The Balaban J connectivity index is 1.29. The van der Waals surface area contributed by atoms with Crippen LogP contribution in [0.2, 0.25) is 0 Å². The molecule has 7 heteroatoms. The molecule has 2 N–H and O–H groups in total. The van der Waals surface area contributed by atoms with E-state index in [2.05, 4.69) is 15.6 Å². The van der Waals surface area contributed by atoms with E-state index in [0.717, 1.165) is 11.1 Å². The van der Waals surface area contributed by atoms with Crippen molar-refractivity contribution >= 4 is 17.5 Å². The number of carbonyl (C=O) groups excluding carboxylic acids is 2. The zero-order valence-electron chi connectivity index (χ0n) is 17.2. The van der Waals surface area contributed by atoms with Crippen molar-refractivity contribution in [1.29, 1.82) is 0 Å². The Kier molecular flexibility index (Phi) is 6.57. The Labute approximate surface area is 185 Å². The number of amides is 2. The number of hydrogen-bond acceptors (Lipinski definition) is 5. The Morgan fingerprint density at radius 2 is 1.78 bits per heavy atom. The molecule has 0 aliphatic rings. The van der Waals surface area contributed by atoms with Crippen LogP contribution in [0.15, 0.2) is 95.9 Å². The number of nitrogens with one attached hydrogen (secondary N) is 2. The third-order valence-corrected chi connectivity index (χ3v) is 4.63. The summed E-state index contributed by atoms with van der Waals surface area (Å²) >= 11 is 0. The minimum absolute atomic E-state index is 0.202. The van der Waals surface area contributed by atoms with Crippen LogP contribution >= 0.6 is 0 Å². The molecule has 2 aromatic carbocycles. The van der Waals surface area contributed by atoms with Gasteiger partial charge < -0.3 is 19.8 Å². The largest absolute Gasteiger partial charge is 0.489 e. The normalized spacial score (nSPS) is 10.4. The van der Waals surface area contributed by atoms with Crippen LogP contribution in [0.25, 0.3) is 0 Å². The smallest absolute Gasteiger partial charge is 0.291 e. The van der Waals surface area contributed by atoms with Crippen molar-refractivity contribution < 1.29 is 18.7 Å². The molecule has 2 amide bonds. The molecule has 0 saturated carbocycles. The van der Waals surface area contributed by atoms with Gasteiger partial charge in [-0.2, -0.15) is 0 Å². The molecule has 0 unspecified atom stereocenters. The van der Waals surface area contributed by atoms with Crippen molar-refractivity contribution in [2.24, 2.45) is 0 Å². The molecular formula is C25H21N3O4. The van der Waals surface area contributed by atoms with Crippen LogP contribution in [0.4, 0.5) is 5.69 Å². The van der Waals surface area contributed by atoms with Gasteiger partial charge in [-0.3, -0.25) is 14.6 Å². The van der Waals surface area contributed by atoms with Crippen LogP contribution in [0.3, 0.4) is 0 Å². The van der Waals surface area contributed by atoms with Gasteiger partial charge in [0.1, 0.15) is 12.4 Å². The number of anilines is 1. The van der Waals surface area contributed by atoms with Gasteiger partial charge in [-0.25, -0.2) is 0 Å². The number of ether oxygens (including phenoxy) is 1. The van der Waals surface area contributed by atoms with Gasteiger partial charge in [0.05, 0.1) is 6.26 Å². The number of nitrogens with zero attached hydrogens (tertiary/aromatic N) is 1. The molecular weight excluding hydrogens is 406 g/mol. The zero-order chi connectivity index (χ0) is 22.2. The predicted molar refractivity (Wildman–Crippen MR) is 119 cm³/mol. The molecule has 0 radical (unpaired) electrons. The van der Waals surface area contributed by atoms with Crippen LogP contribution in [0, 0.1) is 0 Å². The molecule has 160 valence electrons. The molecule has 0 atom stereocenters. The summed E-state index contributed by atoms with van der Waals surface area (Å²) < 4.78 is 10.8. The lowest BCUT2D eigenvalue weighted by molar-refractivity contribution is 0.0949. The van der Waals surface area contributed by atoms with Crippen LogP contribution in [0.1, 0.15) is 32.0 Å². The Morgan fingerprint density at radius 3 is 2.53 bits per heavy atom. The van der Waals surface area contributed by atoms with Gasteiger partial charge >= 0.3 is 0 Å². The lowest BCUT2D eigenvalue weighted by Gasteiger charge is -2.09. The third kappa shape index (κ3) is 5.60. The van der Waals surface area contributed by atoms with E-state index >= 15 is 0 Å². The summed E-state index contributed by atoms with van der Waals surface area (Å²) in [7, 11) is 0. The lowest BCUT2D eigenvalue weighted by Crippen LogP contribution is -2.22. The fraction of sp³-hybridized carbons (Fsp3) is 0.0800. The van der Waals surface area contributed by atoms with Crippen LogP contribution in [-0.4, -0.2) is 16.8 Å². The molecule has 4 aromatic rings. The van der Waals surface area contributed by atoms with E-state index in [1.54, 1.807) is 54.9 Å². The number of rotatable bonds is 8. The fourth-order valence-electron chi connectivity index (χ4n) is 2.97. The van der Waals surface area contributed by atoms with E-state index in [0.29, 0.717) is 30.2 Å². The fourth-order valence-corrected chi connectivity index (χ4v) is 2.97. The highest BCUT2D eigenvalue weighted by Gasteiger charge is 2.09. The minimum atomic E-state index is -0.318. The summed E-state index contributed by atoms with van der Waals surface area (Å²) in [4.78, 5) is 28.6. The molecule has 7 nitrogen and oxygen atoms in total. The summed E-state index contributed by atoms with van der Waals surface area (Å²) in [6.45, 7) is 0.730. The van der Waals surface area contributed by atoms with Gasteiger partial charge in [-0.15, -0.1) is 0 Å². The highest BCUT2D eigenvalue weighted by Crippen LogP contribution is 2.16. The molecule has 0 fully saturated rings. The molecule has 4 rings (SSSR count). The summed E-state index contributed by atoms with van der Waals surface area (Å²) in [5.74, 6) is 0.333. The second kappa shape index (κ2) is 10.1. The molecule has 2 aromatic heterocycles. The SMILES string of the molecule is O=C(NCc1ccc(NC(=O)c2ccco2)cc1)c1cccc(OCc2cccnc2)c1.